The van der Waals surface area contributed by atoms with E-state index in [0.717, 1.165) is 37.9 Å². The SMILES string of the molecule is CC/C(NC)=C(/C(=O)N(C)CC(=O)Nc1ccc(F)cc1Cl)N1CCN(C)CC1. The number of carbonyl (C=O) groups excluding carboxylic acids is 2. The molecule has 0 unspecified atom stereocenters. The highest BCUT2D eigenvalue weighted by molar-refractivity contribution is 6.33. The molecule has 1 aliphatic heterocycles. The number of hydrogen-bond acceptors (Lipinski definition) is 5. The summed E-state index contributed by atoms with van der Waals surface area (Å²) >= 11 is 5.95. The molecule has 2 rings (SSSR count). The Bertz CT molecular complexity index is 772. The molecule has 7 nitrogen and oxygen atoms in total. The number of amides is 2. The molecule has 0 atom stereocenters. The van der Waals surface area contributed by atoms with Crippen LogP contribution >= 0.6 is 11.6 Å². The third kappa shape index (κ3) is 6.08. The highest BCUT2D eigenvalue weighted by Crippen LogP contribution is 2.22. The maximum absolute atomic E-state index is 13.2. The maximum Gasteiger partial charge on any atom is 0.272 e. The topological polar surface area (TPSA) is 67.9 Å². The molecule has 1 heterocycles. The van der Waals surface area contributed by atoms with Crippen molar-refractivity contribution in [3.8, 4) is 0 Å². The van der Waals surface area contributed by atoms with Crippen molar-refractivity contribution < 1.29 is 14.0 Å². The second-order valence-electron chi connectivity index (χ2n) is 7.05. The van der Waals surface area contributed by atoms with Crippen molar-refractivity contribution in [2.45, 2.75) is 13.3 Å². The molecule has 0 saturated carbocycles. The van der Waals surface area contributed by atoms with Crippen LogP contribution in [0.5, 0.6) is 0 Å². The minimum atomic E-state index is -0.485. The lowest BCUT2D eigenvalue weighted by Crippen LogP contribution is -2.49. The number of benzene rings is 1. The standard InChI is InChI=1S/C20H29ClFN5O2/c1-5-16(23-2)19(27-10-8-25(3)9-11-27)20(29)26(4)13-18(28)24-17-7-6-14(22)12-15(17)21/h6-7,12,23H,5,8-11,13H2,1-4H3,(H,24,28)/b19-16+. The van der Waals surface area contributed by atoms with Gasteiger partial charge in [0.1, 0.15) is 11.5 Å². The zero-order valence-corrected chi connectivity index (χ0v) is 18.1. The Morgan fingerprint density at radius 1 is 1.24 bits per heavy atom. The van der Waals surface area contributed by atoms with Gasteiger partial charge in [-0.05, 0) is 31.7 Å². The van der Waals surface area contributed by atoms with Crippen LogP contribution in [-0.2, 0) is 9.59 Å². The highest BCUT2D eigenvalue weighted by atomic mass is 35.5. The Labute approximate surface area is 176 Å². The Kier molecular flexibility index (Phi) is 8.28. The van der Waals surface area contributed by atoms with E-state index in [1.165, 1.54) is 17.0 Å². The van der Waals surface area contributed by atoms with Crippen LogP contribution in [0.2, 0.25) is 5.02 Å². The lowest BCUT2D eigenvalue weighted by molar-refractivity contribution is -0.131. The van der Waals surface area contributed by atoms with Crippen molar-refractivity contribution >= 4 is 29.1 Å². The van der Waals surface area contributed by atoms with Crippen LogP contribution in [0.25, 0.3) is 0 Å². The molecular formula is C20H29ClFN5O2. The van der Waals surface area contributed by atoms with Crippen LogP contribution in [-0.4, -0.2) is 80.4 Å². The molecule has 1 aliphatic rings. The maximum atomic E-state index is 13.2. The molecule has 1 aromatic carbocycles. The minimum Gasteiger partial charge on any atom is -0.390 e. The normalized spacial score (nSPS) is 15.6. The smallest absolute Gasteiger partial charge is 0.272 e. The first kappa shape index (κ1) is 23.0. The summed E-state index contributed by atoms with van der Waals surface area (Å²) in [5.41, 5.74) is 1.74. The molecule has 0 bridgehead atoms. The first-order chi connectivity index (χ1) is 13.8. The number of allylic oxidation sites excluding steroid dienone is 1. The Hall–Kier alpha value is -2.32. The first-order valence-corrected chi connectivity index (χ1v) is 9.99. The van der Waals surface area contributed by atoms with Gasteiger partial charge in [-0.1, -0.05) is 18.5 Å². The summed E-state index contributed by atoms with van der Waals surface area (Å²) in [5.74, 6) is -1.11. The number of piperazine rings is 1. The third-order valence-electron chi connectivity index (χ3n) is 4.90. The van der Waals surface area contributed by atoms with Crippen LogP contribution in [0.3, 0.4) is 0 Å². The molecule has 29 heavy (non-hydrogen) atoms. The molecule has 0 radical (unpaired) electrons. The van der Waals surface area contributed by atoms with E-state index in [9.17, 15) is 14.0 Å². The fourth-order valence-electron chi connectivity index (χ4n) is 3.20. The van der Waals surface area contributed by atoms with Crippen LogP contribution in [0.1, 0.15) is 13.3 Å². The number of nitrogens with zero attached hydrogens (tertiary/aromatic N) is 3. The van der Waals surface area contributed by atoms with Crippen LogP contribution in [0, 0.1) is 5.82 Å². The molecule has 160 valence electrons. The second-order valence-corrected chi connectivity index (χ2v) is 7.46. The summed E-state index contributed by atoms with van der Waals surface area (Å²) in [5, 5.41) is 5.85. The number of likely N-dealkylation sites (N-methyl/N-ethyl adjacent to an activating group) is 2. The molecule has 0 aromatic heterocycles. The average molecular weight is 426 g/mol. The van der Waals surface area contributed by atoms with Gasteiger partial charge in [0.15, 0.2) is 0 Å². The van der Waals surface area contributed by atoms with Gasteiger partial charge in [-0.15, -0.1) is 0 Å². The van der Waals surface area contributed by atoms with Crippen molar-refractivity contribution in [3.63, 3.8) is 0 Å². The van der Waals surface area contributed by atoms with E-state index in [-0.39, 0.29) is 17.5 Å². The second kappa shape index (κ2) is 10.5. The van der Waals surface area contributed by atoms with Gasteiger partial charge in [-0.2, -0.15) is 0 Å². The van der Waals surface area contributed by atoms with E-state index in [4.69, 9.17) is 11.6 Å². The van der Waals surface area contributed by atoms with Gasteiger partial charge in [0.2, 0.25) is 5.91 Å². The number of rotatable bonds is 7. The number of nitrogens with one attached hydrogen (secondary N) is 2. The molecule has 2 amide bonds. The quantitative estimate of drug-likeness (QED) is 0.654. The van der Waals surface area contributed by atoms with Crippen molar-refractivity contribution in [2.24, 2.45) is 0 Å². The Balaban J connectivity index is 2.11. The van der Waals surface area contributed by atoms with Crippen LogP contribution in [0.4, 0.5) is 10.1 Å². The lowest BCUT2D eigenvalue weighted by atomic mass is 10.2. The van der Waals surface area contributed by atoms with Gasteiger partial charge in [0.05, 0.1) is 17.3 Å². The summed E-state index contributed by atoms with van der Waals surface area (Å²) in [7, 11) is 5.44. The molecule has 1 saturated heterocycles. The van der Waals surface area contributed by atoms with Crippen molar-refractivity contribution in [1.29, 1.82) is 0 Å². The molecular weight excluding hydrogens is 397 g/mol. The fraction of sp³-hybridized carbons (Fsp3) is 0.500. The predicted molar refractivity (Wildman–Crippen MR) is 113 cm³/mol. The lowest BCUT2D eigenvalue weighted by Gasteiger charge is -2.37. The third-order valence-corrected chi connectivity index (χ3v) is 5.21. The number of halogens is 2. The van der Waals surface area contributed by atoms with Crippen LogP contribution < -0.4 is 10.6 Å². The van der Waals surface area contributed by atoms with E-state index >= 15 is 0 Å². The highest BCUT2D eigenvalue weighted by Gasteiger charge is 2.27. The van der Waals surface area contributed by atoms with Crippen LogP contribution in [0.15, 0.2) is 29.6 Å². The number of carbonyl (C=O) groups is 2. The van der Waals surface area contributed by atoms with E-state index in [1.807, 2.05) is 6.92 Å². The van der Waals surface area contributed by atoms with Gasteiger partial charge in [0.25, 0.3) is 5.91 Å². The molecule has 0 aliphatic carbocycles. The summed E-state index contributed by atoms with van der Waals surface area (Å²) in [6.07, 6.45) is 0.676. The molecule has 2 N–H and O–H groups in total. The largest absolute Gasteiger partial charge is 0.390 e. The van der Waals surface area contributed by atoms with E-state index in [1.54, 1.807) is 14.1 Å². The molecule has 1 fully saturated rings. The van der Waals surface area contributed by atoms with Gasteiger partial charge >= 0.3 is 0 Å². The average Bonchev–Trinajstić information content (AvgIpc) is 2.68. The zero-order chi connectivity index (χ0) is 21.6. The number of anilines is 1. The summed E-state index contributed by atoms with van der Waals surface area (Å²) < 4.78 is 13.2. The van der Waals surface area contributed by atoms with Gasteiger partial charge in [0, 0.05) is 46.0 Å². The zero-order valence-electron chi connectivity index (χ0n) is 17.4. The fourth-order valence-corrected chi connectivity index (χ4v) is 3.41. The van der Waals surface area contributed by atoms with Crippen molar-refractivity contribution in [1.82, 2.24) is 20.0 Å². The molecule has 0 spiro atoms. The number of hydrogen-bond donors (Lipinski definition) is 2. The summed E-state index contributed by atoms with van der Waals surface area (Å²) in [6.45, 7) is 5.06. The van der Waals surface area contributed by atoms with E-state index in [0.29, 0.717) is 17.8 Å². The molecule has 9 heteroatoms. The minimum absolute atomic E-state index is 0.105. The Morgan fingerprint density at radius 2 is 1.90 bits per heavy atom. The summed E-state index contributed by atoms with van der Waals surface area (Å²) in [6, 6.07) is 3.73. The van der Waals surface area contributed by atoms with E-state index in [2.05, 4.69) is 27.5 Å². The van der Waals surface area contributed by atoms with Gasteiger partial charge in [-0.3, -0.25) is 9.59 Å². The van der Waals surface area contributed by atoms with E-state index < -0.39 is 11.7 Å². The summed E-state index contributed by atoms with van der Waals surface area (Å²) in [4.78, 5) is 31.3. The van der Waals surface area contributed by atoms with Gasteiger partial charge in [-0.25, -0.2) is 4.39 Å². The van der Waals surface area contributed by atoms with Gasteiger partial charge < -0.3 is 25.3 Å². The predicted octanol–water partition coefficient (Wildman–Crippen LogP) is 1.96. The molecule has 1 aromatic rings. The Morgan fingerprint density at radius 3 is 2.45 bits per heavy atom. The van der Waals surface area contributed by atoms with Crippen molar-refractivity contribution in [2.75, 3.05) is 59.2 Å². The monoisotopic (exact) mass is 425 g/mol. The van der Waals surface area contributed by atoms with Crippen molar-refractivity contribution in [3.05, 3.63) is 40.4 Å². The first-order valence-electron chi connectivity index (χ1n) is 9.61.